The first kappa shape index (κ1) is 15.1. The van der Waals surface area contributed by atoms with Crippen LogP contribution >= 0.6 is 0 Å². The van der Waals surface area contributed by atoms with Crippen molar-refractivity contribution >= 4 is 10.8 Å². The predicted octanol–water partition coefficient (Wildman–Crippen LogP) is 4.26. The first-order valence-corrected chi connectivity index (χ1v) is 8.11. The summed E-state index contributed by atoms with van der Waals surface area (Å²) in [6.07, 6.45) is 6.82. The summed E-state index contributed by atoms with van der Waals surface area (Å²) in [5, 5.41) is 5.26. The minimum absolute atomic E-state index is 0.728. The molecule has 0 saturated heterocycles. The smallest absolute Gasteiger partial charge is 0.102 e. The second kappa shape index (κ2) is 8.06. The lowest BCUT2D eigenvalue weighted by Gasteiger charge is -2.12. The Bertz CT molecular complexity index is 513. The standard InChI is InChI=1S/C19H27N/c1-3-4-5-6-10-16(2)20-15-18-13-9-12-17-11-7-8-14-19(17)18/h7-9,11-14,16,20H,3-6,10,15H2,1-2H3/p+1/t16-/m1/s1. The van der Waals surface area contributed by atoms with Crippen molar-refractivity contribution in [2.24, 2.45) is 0 Å². The maximum absolute atomic E-state index is 2.49. The van der Waals surface area contributed by atoms with Crippen molar-refractivity contribution in [2.75, 3.05) is 0 Å². The number of hydrogen-bond donors (Lipinski definition) is 1. The van der Waals surface area contributed by atoms with Gasteiger partial charge in [0.05, 0.1) is 6.04 Å². The van der Waals surface area contributed by atoms with Gasteiger partial charge in [-0.3, -0.25) is 0 Å². The van der Waals surface area contributed by atoms with Crippen LogP contribution in [0.3, 0.4) is 0 Å². The molecular weight excluding hydrogens is 242 g/mol. The first-order chi connectivity index (χ1) is 9.81. The van der Waals surface area contributed by atoms with Crippen LogP contribution in [0.25, 0.3) is 10.8 Å². The zero-order valence-corrected chi connectivity index (χ0v) is 12.9. The van der Waals surface area contributed by atoms with E-state index in [9.17, 15) is 0 Å². The molecular formula is C19H28N+. The number of quaternary nitrogens is 1. The van der Waals surface area contributed by atoms with Gasteiger partial charge in [-0.2, -0.15) is 0 Å². The highest BCUT2D eigenvalue weighted by atomic mass is 14.9. The van der Waals surface area contributed by atoms with Crippen LogP contribution in [0.2, 0.25) is 0 Å². The summed E-state index contributed by atoms with van der Waals surface area (Å²) in [7, 11) is 0. The van der Waals surface area contributed by atoms with Crippen LogP contribution in [0.5, 0.6) is 0 Å². The van der Waals surface area contributed by atoms with Crippen LogP contribution in [-0.2, 0) is 6.54 Å². The molecule has 108 valence electrons. The van der Waals surface area contributed by atoms with Crippen LogP contribution in [0.4, 0.5) is 0 Å². The predicted molar refractivity (Wildman–Crippen MR) is 87.8 cm³/mol. The Labute approximate surface area is 123 Å². The van der Waals surface area contributed by atoms with Gasteiger partial charge in [-0.25, -0.2) is 0 Å². The average molecular weight is 270 g/mol. The van der Waals surface area contributed by atoms with Crippen molar-refractivity contribution in [3.8, 4) is 0 Å². The van der Waals surface area contributed by atoms with E-state index in [0.717, 1.165) is 12.6 Å². The van der Waals surface area contributed by atoms with Crippen molar-refractivity contribution in [3.63, 3.8) is 0 Å². The van der Waals surface area contributed by atoms with Crippen molar-refractivity contribution in [1.29, 1.82) is 0 Å². The Morgan fingerprint density at radius 1 is 0.950 bits per heavy atom. The monoisotopic (exact) mass is 270 g/mol. The molecule has 0 aliphatic carbocycles. The largest absolute Gasteiger partial charge is 0.340 e. The van der Waals surface area contributed by atoms with Crippen molar-refractivity contribution < 1.29 is 5.32 Å². The van der Waals surface area contributed by atoms with E-state index in [0.29, 0.717) is 0 Å². The maximum atomic E-state index is 2.49. The summed E-state index contributed by atoms with van der Waals surface area (Å²) < 4.78 is 0. The van der Waals surface area contributed by atoms with Crippen LogP contribution in [0.15, 0.2) is 42.5 Å². The molecule has 0 fully saturated rings. The molecule has 2 rings (SSSR count). The molecule has 20 heavy (non-hydrogen) atoms. The fourth-order valence-corrected chi connectivity index (χ4v) is 2.81. The van der Waals surface area contributed by atoms with E-state index in [1.165, 1.54) is 48.4 Å². The third-order valence-corrected chi connectivity index (χ3v) is 4.13. The molecule has 0 aliphatic heterocycles. The molecule has 0 heterocycles. The number of hydrogen-bond acceptors (Lipinski definition) is 0. The molecule has 0 saturated carbocycles. The molecule has 0 radical (unpaired) electrons. The SMILES string of the molecule is CCCCCC[C@@H](C)[NH2+]Cc1cccc2ccccc12. The van der Waals surface area contributed by atoms with E-state index in [1.54, 1.807) is 0 Å². The summed E-state index contributed by atoms with van der Waals surface area (Å²) >= 11 is 0. The van der Waals surface area contributed by atoms with Crippen LogP contribution in [0, 0.1) is 0 Å². The molecule has 2 N–H and O–H groups in total. The fraction of sp³-hybridized carbons (Fsp3) is 0.474. The normalized spacial score (nSPS) is 12.7. The summed E-state index contributed by atoms with van der Waals surface area (Å²) in [5.41, 5.74) is 1.46. The highest BCUT2D eigenvalue weighted by Gasteiger charge is 2.07. The zero-order chi connectivity index (χ0) is 14.2. The molecule has 1 heteroatoms. The molecule has 0 bridgehead atoms. The van der Waals surface area contributed by atoms with Crippen LogP contribution in [0.1, 0.15) is 51.5 Å². The highest BCUT2D eigenvalue weighted by molar-refractivity contribution is 5.85. The van der Waals surface area contributed by atoms with Gasteiger partial charge in [-0.05, 0) is 30.5 Å². The second-order valence-electron chi connectivity index (χ2n) is 5.90. The molecule has 0 amide bonds. The van der Waals surface area contributed by atoms with Gasteiger partial charge in [0.2, 0.25) is 0 Å². The topological polar surface area (TPSA) is 16.6 Å². The van der Waals surface area contributed by atoms with E-state index >= 15 is 0 Å². The van der Waals surface area contributed by atoms with Gasteiger partial charge in [-0.15, -0.1) is 0 Å². The third kappa shape index (κ3) is 4.35. The zero-order valence-electron chi connectivity index (χ0n) is 12.9. The molecule has 1 nitrogen and oxygen atoms in total. The Morgan fingerprint density at radius 2 is 1.75 bits per heavy atom. The van der Waals surface area contributed by atoms with Crippen molar-refractivity contribution in [1.82, 2.24) is 0 Å². The maximum Gasteiger partial charge on any atom is 0.102 e. The summed E-state index contributed by atoms with van der Waals surface area (Å²) in [6.45, 7) is 5.73. The lowest BCUT2D eigenvalue weighted by molar-refractivity contribution is -0.701. The molecule has 2 aromatic rings. The number of unbranched alkanes of at least 4 members (excludes halogenated alkanes) is 3. The summed E-state index contributed by atoms with van der Waals surface area (Å²) in [5.74, 6) is 0. The Morgan fingerprint density at radius 3 is 2.60 bits per heavy atom. The summed E-state index contributed by atoms with van der Waals surface area (Å²) in [4.78, 5) is 0. The lowest BCUT2D eigenvalue weighted by Crippen LogP contribution is -2.87. The minimum Gasteiger partial charge on any atom is -0.340 e. The molecule has 1 atom stereocenters. The lowest BCUT2D eigenvalue weighted by atomic mass is 10.0. The number of fused-ring (bicyclic) bond motifs is 1. The molecule has 0 aliphatic rings. The van der Waals surface area contributed by atoms with Crippen LogP contribution < -0.4 is 5.32 Å². The summed E-state index contributed by atoms with van der Waals surface area (Å²) in [6, 6.07) is 16.1. The minimum atomic E-state index is 0.728. The quantitative estimate of drug-likeness (QED) is 0.690. The molecule has 0 unspecified atom stereocenters. The highest BCUT2D eigenvalue weighted by Crippen LogP contribution is 2.17. The van der Waals surface area contributed by atoms with Crippen LogP contribution in [-0.4, -0.2) is 6.04 Å². The van der Waals surface area contributed by atoms with E-state index in [1.807, 2.05) is 0 Å². The van der Waals surface area contributed by atoms with Gasteiger partial charge in [0.15, 0.2) is 0 Å². The van der Waals surface area contributed by atoms with Gasteiger partial charge in [0.25, 0.3) is 0 Å². The molecule has 0 aromatic heterocycles. The van der Waals surface area contributed by atoms with Gasteiger partial charge in [-0.1, -0.05) is 68.7 Å². The van der Waals surface area contributed by atoms with E-state index in [-0.39, 0.29) is 0 Å². The average Bonchev–Trinajstić information content (AvgIpc) is 2.49. The second-order valence-corrected chi connectivity index (χ2v) is 5.90. The van der Waals surface area contributed by atoms with Gasteiger partial charge in [0.1, 0.15) is 6.54 Å². The van der Waals surface area contributed by atoms with E-state index in [2.05, 4.69) is 61.6 Å². The Kier molecular flexibility index (Phi) is 6.07. The van der Waals surface area contributed by atoms with E-state index in [4.69, 9.17) is 0 Å². The first-order valence-electron chi connectivity index (χ1n) is 8.11. The fourth-order valence-electron chi connectivity index (χ4n) is 2.81. The number of benzene rings is 2. The molecule has 2 aromatic carbocycles. The van der Waals surface area contributed by atoms with Gasteiger partial charge in [0, 0.05) is 5.56 Å². The van der Waals surface area contributed by atoms with Crippen molar-refractivity contribution in [2.45, 2.75) is 58.5 Å². The van der Waals surface area contributed by atoms with Crippen molar-refractivity contribution in [3.05, 3.63) is 48.0 Å². The van der Waals surface area contributed by atoms with Gasteiger partial charge < -0.3 is 5.32 Å². The van der Waals surface area contributed by atoms with E-state index < -0.39 is 0 Å². The third-order valence-electron chi connectivity index (χ3n) is 4.13. The van der Waals surface area contributed by atoms with Gasteiger partial charge >= 0.3 is 0 Å². The number of nitrogens with two attached hydrogens (primary N) is 1. The Balaban J connectivity index is 1.86. The molecule has 0 spiro atoms. The Hall–Kier alpha value is -1.34. The number of rotatable bonds is 8.